The molecule has 78 valence electrons. The van der Waals surface area contributed by atoms with Crippen LogP contribution in [0.1, 0.15) is 5.56 Å². The molecular formula is C9H9N3O3. The van der Waals surface area contributed by atoms with E-state index in [1.165, 1.54) is 12.1 Å². The topological polar surface area (TPSA) is 98.6 Å². The van der Waals surface area contributed by atoms with Gasteiger partial charge in [-0.1, -0.05) is 12.1 Å². The lowest BCUT2D eigenvalue weighted by molar-refractivity contribution is -0.384. The maximum absolute atomic E-state index is 10.5. The number of amides is 1. The number of hydrogen-bond acceptors (Lipinski definition) is 3. The van der Waals surface area contributed by atoms with Crippen molar-refractivity contribution in [1.29, 1.82) is 0 Å². The van der Waals surface area contributed by atoms with Crippen molar-refractivity contribution in [3.8, 4) is 0 Å². The first-order chi connectivity index (χ1) is 7.13. The van der Waals surface area contributed by atoms with Gasteiger partial charge in [-0.3, -0.25) is 14.9 Å². The molecule has 0 aliphatic rings. The summed E-state index contributed by atoms with van der Waals surface area (Å²) < 4.78 is 0. The molecule has 0 spiro atoms. The highest BCUT2D eigenvalue weighted by atomic mass is 16.6. The summed E-state index contributed by atoms with van der Waals surface area (Å²) in [7, 11) is 0. The highest BCUT2D eigenvalue weighted by Crippen LogP contribution is 2.13. The van der Waals surface area contributed by atoms with Crippen LogP contribution in [-0.2, 0) is 11.2 Å². The molecule has 1 aromatic carbocycles. The number of hydrogen-bond donors (Lipinski definition) is 1. The van der Waals surface area contributed by atoms with Crippen molar-refractivity contribution >= 4 is 17.9 Å². The number of carbonyl (C=O) groups excluding carboxylic acids is 1. The summed E-state index contributed by atoms with van der Waals surface area (Å²) in [5.41, 5.74) is 6.03. The Bertz CT molecular complexity index is 415. The van der Waals surface area contributed by atoms with Crippen LogP contribution in [0.2, 0.25) is 0 Å². The Morgan fingerprint density at radius 3 is 2.93 bits per heavy atom. The van der Waals surface area contributed by atoms with Crippen LogP contribution in [0, 0.1) is 10.1 Å². The molecule has 0 unspecified atom stereocenters. The molecule has 2 N–H and O–H groups in total. The number of amidine groups is 1. The summed E-state index contributed by atoms with van der Waals surface area (Å²) in [6.45, 7) is 0. The SMILES string of the molecule is NC(Cc1cccc([N+](=O)[O-])c1)=NC=O. The summed E-state index contributed by atoms with van der Waals surface area (Å²) in [5, 5.41) is 10.5. The van der Waals surface area contributed by atoms with Gasteiger partial charge in [-0.15, -0.1) is 0 Å². The van der Waals surface area contributed by atoms with Crippen LogP contribution in [0.4, 0.5) is 5.69 Å². The maximum Gasteiger partial charge on any atom is 0.269 e. The lowest BCUT2D eigenvalue weighted by Crippen LogP contribution is -2.15. The van der Waals surface area contributed by atoms with Crippen LogP contribution < -0.4 is 5.73 Å². The van der Waals surface area contributed by atoms with Gasteiger partial charge >= 0.3 is 0 Å². The monoisotopic (exact) mass is 207 g/mol. The molecule has 0 saturated heterocycles. The summed E-state index contributed by atoms with van der Waals surface area (Å²) in [6.07, 6.45) is 0.563. The Hall–Kier alpha value is -2.24. The molecular weight excluding hydrogens is 198 g/mol. The lowest BCUT2D eigenvalue weighted by Gasteiger charge is -1.99. The highest BCUT2D eigenvalue weighted by Gasteiger charge is 2.06. The van der Waals surface area contributed by atoms with Crippen LogP contribution in [0.3, 0.4) is 0 Å². The van der Waals surface area contributed by atoms with E-state index in [2.05, 4.69) is 4.99 Å². The highest BCUT2D eigenvalue weighted by molar-refractivity contribution is 5.88. The first kappa shape index (κ1) is 10.8. The van der Waals surface area contributed by atoms with E-state index in [1.54, 1.807) is 12.1 Å². The molecule has 1 aromatic rings. The third-order valence-electron chi connectivity index (χ3n) is 1.73. The standard InChI is InChI=1S/C9H9N3O3/c10-9(11-6-13)5-7-2-1-3-8(4-7)12(14)15/h1-4,6H,5H2,(H2,10,11,13). The van der Waals surface area contributed by atoms with Gasteiger partial charge in [0.1, 0.15) is 5.84 Å². The van der Waals surface area contributed by atoms with Crippen LogP contribution >= 0.6 is 0 Å². The van der Waals surface area contributed by atoms with Crippen molar-refractivity contribution in [3.05, 3.63) is 39.9 Å². The van der Waals surface area contributed by atoms with Gasteiger partial charge in [-0.05, 0) is 5.56 Å². The second-order valence-corrected chi connectivity index (χ2v) is 2.83. The average Bonchev–Trinajstić information content (AvgIpc) is 2.18. The fourth-order valence-electron chi connectivity index (χ4n) is 1.10. The number of nitrogens with zero attached hydrogens (tertiary/aromatic N) is 2. The van der Waals surface area contributed by atoms with E-state index >= 15 is 0 Å². The van der Waals surface area contributed by atoms with Crippen molar-refractivity contribution in [2.75, 3.05) is 0 Å². The van der Waals surface area contributed by atoms with Crippen molar-refractivity contribution in [1.82, 2.24) is 0 Å². The van der Waals surface area contributed by atoms with Crippen molar-refractivity contribution in [3.63, 3.8) is 0 Å². The minimum Gasteiger partial charge on any atom is -0.387 e. The number of rotatable bonds is 4. The Kier molecular flexibility index (Phi) is 3.50. The van der Waals surface area contributed by atoms with E-state index in [0.29, 0.717) is 12.0 Å². The number of aliphatic imine (C=N–C) groups is 1. The molecule has 0 saturated carbocycles. The molecule has 0 aromatic heterocycles. The second kappa shape index (κ2) is 4.85. The fourth-order valence-corrected chi connectivity index (χ4v) is 1.10. The lowest BCUT2D eigenvalue weighted by atomic mass is 10.1. The molecule has 6 nitrogen and oxygen atoms in total. The van der Waals surface area contributed by atoms with E-state index in [4.69, 9.17) is 5.73 Å². The third kappa shape index (κ3) is 3.18. The molecule has 1 rings (SSSR count). The van der Waals surface area contributed by atoms with Crippen LogP contribution in [0.5, 0.6) is 0 Å². The first-order valence-electron chi connectivity index (χ1n) is 4.12. The Morgan fingerprint density at radius 1 is 1.60 bits per heavy atom. The normalized spacial score (nSPS) is 11.1. The number of nitrogens with two attached hydrogens (primary N) is 1. The van der Waals surface area contributed by atoms with Crippen LogP contribution in [-0.4, -0.2) is 17.2 Å². The quantitative estimate of drug-likeness (QED) is 0.257. The van der Waals surface area contributed by atoms with Crippen LogP contribution in [0.25, 0.3) is 0 Å². The number of benzene rings is 1. The zero-order valence-corrected chi connectivity index (χ0v) is 7.79. The summed E-state index contributed by atoms with van der Waals surface area (Å²) in [4.78, 5) is 23.3. The Balaban J connectivity index is 2.87. The number of carbonyl (C=O) groups is 1. The molecule has 0 atom stereocenters. The molecule has 0 heterocycles. The molecule has 1 amide bonds. The Morgan fingerprint density at radius 2 is 2.33 bits per heavy atom. The molecule has 0 aliphatic heterocycles. The van der Waals surface area contributed by atoms with Crippen molar-refractivity contribution in [2.45, 2.75) is 6.42 Å². The predicted molar refractivity (Wildman–Crippen MR) is 54.5 cm³/mol. The van der Waals surface area contributed by atoms with Crippen LogP contribution in [0.15, 0.2) is 29.3 Å². The predicted octanol–water partition coefficient (Wildman–Crippen LogP) is 0.651. The third-order valence-corrected chi connectivity index (χ3v) is 1.73. The summed E-state index contributed by atoms with van der Waals surface area (Å²) in [6, 6.07) is 6.02. The van der Waals surface area contributed by atoms with E-state index < -0.39 is 4.92 Å². The summed E-state index contributed by atoms with van der Waals surface area (Å²) >= 11 is 0. The van der Waals surface area contributed by atoms with E-state index in [0.717, 1.165) is 0 Å². The largest absolute Gasteiger partial charge is 0.387 e. The molecule has 0 aliphatic carbocycles. The minimum absolute atomic E-state index is 0.00796. The molecule has 0 radical (unpaired) electrons. The number of nitro groups is 1. The maximum atomic E-state index is 10.5. The molecule has 6 heteroatoms. The van der Waals surface area contributed by atoms with E-state index in [1.807, 2.05) is 0 Å². The van der Waals surface area contributed by atoms with Gasteiger partial charge in [-0.25, -0.2) is 4.99 Å². The molecule has 0 fully saturated rings. The minimum atomic E-state index is -0.490. The smallest absolute Gasteiger partial charge is 0.269 e. The van der Waals surface area contributed by atoms with Gasteiger partial charge in [0.25, 0.3) is 5.69 Å². The van der Waals surface area contributed by atoms with Gasteiger partial charge in [-0.2, -0.15) is 0 Å². The zero-order chi connectivity index (χ0) is 11.3. The van der Waals surface area contributed by atoms with Crippen molar-refractivity contribution < 1.29 is 9.72 Å². The zero-order valence-electron chi connectivity index (χ0n) is 7.79. The van der Waals surface area contributed by atoms with Gasteiger partial charge in [0, 0.05) is 18.6 Å². The summed E-state index contributed by atoms with van der Waals surface area (Å²) in [5.74, 6) is 0.130. The van der Waals surface area contributed by atoms with Gasteiger partial charge in [0.2, 0.25) is 6.41 Å². The first-order valence-corrected chi connectivity index (χ1v) is 4.12. The van der Waals surface area contributed by atoms with Crippen molar-refractivity contribution in [2.24, 2.45) is 10.7 Å². The van der Waals surface area contributed by atoms with E-state index in [9.17, 15) is 14.9 Å². The van der Waals surface area contributed by atoms with Gasteiger partial charge < -0.3 is 5.73 Å². The van der Waals surface area contributed by atoms with Gasteiger partial charge in [0.15, 0.2) is 0 Å². The number of nitro benzene ring substituents is 1. The molecule has 0 bridgehead atoms. The van der Waals surface area contributed by atoms with Gasteiger partial charge in [0.05, 0.1) is 4.92 Å². The fraction of sp³-hybridized carbons (Fsp3) is 0.111. The average molecular weight is 207 g/mol. The Labute approximate surface area is 85.6 Å². The second-order valence-electron chi connectivity index (χ2n) is 2.83. The van der Waals surface area contributed by atoms with E-state index in [-0.39, 0.29) is 17.9 Å². The molecule has 15 heavy (non-hydrogen) atoms. The number of non-ortho nitro benzene ring substituents is 1.